The summed E-state index contributed by atoms with van der Waals surface area (Å²) in [6.45, 7) is 0. The number of thiazole rings is 1. The van der Waals surface area contributed by atoms with E-state index in [1.807, 2.05) is 73.0 Å². The number of aromatic nitrogens is 1. The number of thioether (sulfide) groups is 1. The SMILES string of the molecule is CSC(=Nc1ccccc1)c1cc2cc(-c3nc4ccccc4s3)ccc2c(N)c1O. The molecule has 0 aliphatic rings. The number of benzene rings is 4. The lowest BCUT2D eigenvalue weighted by molar-refractivity contribution is 0.478. The number of anilines is 1. The van der Waals surface area contributed by atoms with Crippen molar-refractivity contribution < 1.29 is 5.11 Å². The van der Waals surface area contributed by atoms with E-state index < -0.39 is 0 Å². The normalized spacial score (nSPS) is 12.0. The second-order valence-corrected chi connectivity index (χ2v) is 8.89. The number of aromatic hydroxyl groups is 1. The zero-order valence-electron chi connectivity index (χ0n) is 16.7. The Bertz CT molecular complexity index is 1410. The van der Waals surface area contributed by atoms with Gasteiger partial charge in [-0.1, -0.05) is 42.5 Å². The van der Waals surface area contributed by atoms with Crippen molar-refractivity contribution in [1.29, 1.82) is 0 Å². The first-order valence-corrected chi connectivity index (χ1v) is 11.8. The fourth-order valence-electron chi connectivity index (χ4n) is 3.55. The topological polar surface area (TPSA) is 71.5 Å². The molecule has 3 N–H and O–H groups in total. The second kappa shape index (κ2) is 8.06. The Hall–Kier alpha value is -3.35. The summed E-state index contributed by atoms with van der Waals surface area (Å²) in [5.74, 6) is 0.0595. The van der Waals surface area contributed by atoms with E-state index >= 15 is 0 Å². The Kier molecular flexibility index (Phi) is 5.10. The van der Waals surface area contributed by atoms with Crippen molar-refractivity contribution in [3.63, 3.8) is 0 Å². The number of nitrogen functional groups attached to an aromatic ring is 1. The monoisotopic (exact) mass is 441 g/mol. The van der Waals surface area contributed by atoms with Crippen LogP contribution in [0.1, 0.15) is 5.56 Å². The molecule has 0 amide bonds. The highest BCUT2D eigenvalue weighted by Crippen LogP contribution is 2.39. The molecule has 1 heterocycles. The van der Waals surface area contributed by atoms with Crippen LogP contribution >= 0.6 is 23.1 Å². The van der Waals surface area contributed by atoms with Crippen LogP contribution in [0.2, 0.25) is 0 Å². The molecule has 0 aliphatic carbocycles. The van der Waals surface area contributed by atoms with Crippen molar-refractivity contribution in [2.24, 2.45) is 4.99 Å². The number of aliphatic imine (C=N–C) groups is 1. The maximum Gasteiger partial charge on any atom is 0.149 e. The molecule has 0 saturated heterocycles. The summed E-state index contributed by atoms with van der Waals surface area (Å²) in [5, 5.41) is 14.2. The quantitative estimate of drug-likeness (QED) is 0.139. The first-order chi connectivity index (χ1) is 15.1. The molecule has 4 nitrogen and oxygen atoms in total. The predicted octanol–water partition coefficient (Wildman–Crippen LogP) is 6.85. The van der Waals surface area contributed by atoms with Crippen LogP contribution in [0.5, 0.6) is 5.75 Å². The van der Waals surface area contributed by atoms with E-state index in [4.69, 9.17) is 15.7 Å². The molecule has 0 unspecified atom stereocenters. The molecule has 0 aliphatic heterocycles. The fraction of sp³-hybridized carbons (Fsp3) is 0.0400. The highest BCUT2D eigenvalue weighted by atomic mass is 32.2. The van der Waals surface area contributed by atoms with Crippen LogP contribution in [0.4, 0.5) is 11.4 Å². The van der Waals surface area contributed by atoms with Crippen molar-refractivity contribution in [1.82, 2.24) is 4.98 Å². The molecule has 5 aromatic rings. The minimum absolute atomic E-state index is 0.0595. The highest BCUT2D eigenvalue weighted by Gasteiger charge is 2.16. The highest BCUT2D eigenvalue weighted by molar-refractivity contribution is 8.13. The second-order valence-electron chi connectivity index (χ2n) is 7.07. The lowest BCUT2D eigenvalue weighted by Crippen LogP contribution is -1.99. The molecule has 0 atom stereocenters. The van der Waals surface area contributed by atoms with Crippen LogP contribution in [0.25, 0.3) is 31.6 Å². The molecule has 4 aromatic carbocycles. The van der Waals surface area contributed by atoms with Crippen molar-refractivity contribution in [3.8, 4) is 16.3 Å². The molecule has 5 rings (SSSR count). The number of fused-ring (bicyclic) bond motifs is 2. The summed E-state index contributed by atoms with van der Waals surface area (Å²) in [6.07, 6.45) is 1.94. The van der Waals surface area contributed by atoms with Crippen molar-refractivity contribution in [2.45, 2.75) is 0 Å². The molecule has 0 saturated carbocycles. The summed E-state index contributed by atoms with van der Waals surface area (Å²) < 4.78 is 1.16. The molecule has 6 heteroatoms. The van der Waals surface area contributed by atoms with Gasteiger partial charge in [0, 0.05) is 10.9 Å². The maximum atomic E-state index is 10.8. The third-order valence-electron chi connectivity index (χ3n) is 5.10. The van der Waals surface area contributed by atoms with Crippen LogP contribution in [0.3, 0.4) is 0 Å². The molecule has 1 aromatic heterocycles. The number of nitrogens with two attached hydrogens (primary N) is 1. The van der Waals surface area contributed by atoms with Crippen molar-refractivity contribution >= 4 is 60.5 Å². The maximum absolute atomic E-state index is 10.8. The van der Waals surface area contributed by atoms with Crippen molar-refractivity contribution in [3.05, 3.63) is 84.4 Å². The van der Waals surface area contributed by atoms with Crippen LogP contribution in [0.15, 0.2) is 83.9 Å². The van der Waals surface area contributed by atoms with E-state index in [2.05, 4.69) is 12.1 Å². The van der Waals surface area contributed by atoms with Gasteiger partial charge in [-0.3, -0.25) is 0 Å². The van der Waals surface area contributed by atoms with Gasteiger partial charge in [-0.2, -0.15) is 0 Å². The van der Waals surface area contributed by atoms with Gasteiger partial charge in [-0.05, 0) is 48.0 Å². The minimum atomic E-state index is 0.0595. The number of hydrogen-bond acceptors (Lipinski definition) is 6. The standard InChI is InChI=1S/C25H19N3OS2/c1-30-25(27-17-7-3-2-4-8-17)19-14-16-13-15(11-12-18(16)22(26)23(19)29)24-28-20-9-5-6-10-21(20)31-24/h2-14,29H,26H2,1H3. The van der Waals surface area contributed by atoms with Gasteiger partial charge in [-0.15, -0.1) is 23.1 Å². The van der Waals surface area contributed by atoms with E-state index in [0.717, 1.165) is 37.2 Å². The first-order valence-electron chi connectivity index (χ1n) is 9.73. The number of phenols is 1. The van der Waals surface area contributed by atoms with Gasteiger partial charge >= 0.3 is 0 Å². The van der Waals surface area contributed by atoms with Gasteiger partial charge in [0.05, 0.1) is 27.2 Å². The first kappa shape index (κ1) is 19.6. The molecular formula is C25H19N3OS2. The Labute approximate surface area is 188 Å². The molecule has 0 spiro atoms. The third-order valence-corrected chi connectivity index (χ3v) is 6.89. The van der Waals surface area contributed by atoms with Crippen LogP contribution in [-0.2, 0) is 0 Å². The summed E-state index contributed by atoms with van der Waals surface area (Å²) in [7, 11) is 0. The predicted molar refractivity (Wildman–Crippen MR) is 135 cm³/mol. The Morgan fingerprint density at radius 2 is 1.77 bits per heavy atom. The lowest BCUT2D eigenvalue weighted by Gasteiger charge is -2.12. The zero-order valence-corrected chi connectivity index (χ0v) is 18.4. The zero-order chi connectivity index (χ0) is 21.4. The summed E-state index contributed by atoms with van der Waals surface area (Å²) in [6, 6.07) is 25.8. The lowest BCUT2D eigenvalue weighted by atomic mass is 10.0. The van der Waals surface area contributed by atoms with E-state index in [-0.39, 0.29) is 5.75 Å². The van der Waals surface area contributed by atoms with E-state index in [1.54, 1.807) is 11.3 Å². The molecule has 0 fully saturated rings. The third kappa shape index (κ3) is 3.65. The number of hydrogen-bond donors (Lipinski definition) is 2. The summed E-state index contributed by atoms with van der Waals surface area (Å²) in [5.41, 5.74) is 10.2. The van der Waals surface area contributed by atoms with Crippen LogP contribution in [-0.4, -0.2) is 21.4 Å². The smallest absolute Gasteiger partial charge is 0.149 e. The van der Waals surface area contributed by atoms with E-state index in [1.165, 1.54) is 11.8 Å². The Morgan fingerprint density at radius 3 is 2.55 bits per heavy atom. The van der Waals surface area contributed by atoms with Gasteiger partial charge in [0.1, 0.15) is 15.8 Å². The van der Waals surface area contributed by atoms with Crippen molar-refractivity contribution in [2.75, 3.05) is 12.0 Å². The molecule has 0 radical (unpaired) electrons. The largest absolute Gasteiger partial charge is 0.505 e. The van der Waals surface area contributed by atoms with Gasteiger partial charge < -0.3 is 10.8 Å². The Morgan fingerprint density at radius 1 is 1.00 bits per heavy atom. The number of rotatable bonds is 3. The molecular weight excluding hydrogens is 422 g/mol. The average molecular weight is 442 g/mol. The molecule has 152 valence electrons. The number of para-hydroxylation sites is 2. The van der Waals surface area contributed by atoms with Crippen LogP contribution < -0.4 is 5.73 Å². The average Bonchev–Trinajstić information content (AvgIpc) is 3.25. The minimum Gasteiger partial charge on any atom is -0.505 e. The number of nitrogens with zero attached hydrogens (tertiary/aromatic N) is 2. The molecule has 0 bridgehead atoms. The van der Waals surface area contributed by atoms with E-state index in [9.17, 15) is 5.11 Å². The number of phenolic OH excluding ortho intramolecular Hbond substituents is 1. The summed E-state index contributed by atoms with van der Waals surface area (Å²) >= 11 is 3.14. The Balaban J connectivity index is 1.66. The molecule has 31 heavy (non-hydrogen) atoms. The van der Waals surface area contributed by atoms with Gasteiger partial charge in [0.2, 0.25) is 0 Å². The van der Waals surface area contributed by atoms with E-state index in [0.29, 0.717) is 16.3 Å². The van der Waals surface area contributed by atoms with Gasteiger partial charge in [0.15, 0.2) is 0 Å². The van der Waals surface area contributed by atoms with Crippen LogP contribution in [0, 0.1) is 0 Å². The fourth-order valence-corrected chi connectivity index (χ4v) is 5.09. The summed E-state index contributed by atoms with van der Waals surface area (Å²) in [4.78, 5) is 9.49. The van der Waals surface area contributed by atoms with Gasteiger partial charge in [0.25, 0.3) is 0 Å². The van der Waals surface area contributed by atoms with Gasteiger partial charge in [-0.25, -0.2) is 9.98 Å².